The average Bonchev–Trinajstić information content (AvgIpc) is 2.77. The molecule has 1 amide bonds. The van der Waals surface area contributed by atoms with Crippen molar-refractivity contribution in [1.29, 1.82) is 0 Å². The minimum atomic E-state index is -0.674. The minimum absolute atomic E-state index is 0.150. The van der Waals surface area contributed by atoms with Crippen LogP contribution in [0.15, 0.2) is 70.6 Å². The van der Waals surface area contributed by atoms with E-state index in [1.165, 1.54) is 25.0 Å². The van der Waals surface area contributed by atoms with Crippen molar-refractivity contribution in [1.82, 2.24) is 4.57 Å². The molecule has 31 heavy (non-hydrogen) atoms. The minimum Gasteiger partial charge on any atom is -0.493 e. The van der Waals surface area contributed by atoms with Gasteiger partial charge in [0.25, 0.3) is 11.5 Å². The molecule has 0 aliphatic heterocycles. The van der Waals surface area contributed by atoms with Crippen LogP contribution in [0.25, 0.3) is 27.2 Å². The molecule has 0 unspecified atom stereocenters. The van der Waals surface area contributed by atoms with Crippen LogP contribution in [0.4, 0.5) is 0 Å². The van der Waals surface area contributed by atoms with E-state index >= 15 is 0 Å². The Hall–Kier alpha value is -4.33. The summed E-state index contributed by atoms with van der Waals surface area (Å²) in [4.78, 5) is 29.9. The van der Waals surface area contributed by atoms with E-state index in [1.54, 1.807) is 12.1 Å². The Morgan fingerprint density at radius 2 is 1.55 bits per heavy atom. The van der Waals surface area contributed by atoms with Gasteiger partial charge in [-0.15, -0.1) is 0 Å². The third-order valence-corrected chi connectivity index (χ3v) is 4.99. The summed E-state index contributed by atoms with van der Waals surface area (Å²) in [7, 11) is 2.94. The number of guanidine groups is 1. The van der Waals surface area contributed by atoms with Crippen LogP contribution < -0.4 is 26.5 Å². The van der Waals surface area contributed by atoms with Crippen LogP contribution in [0.2, 0.25) is 0 Å². The molecule has 4 N–H and O–H groups in total. The van der Waals surface area contributed by atoms with Gasteiger partial charge >= 0.3 is 0 Å². The van der Waals surface area contributed by atoms with E-state index in [2.05, 4.69) is 4.99 Å². The van der Waals surface area contributed by atoms with E-state index < -0.39 is 5.91 Å². The fourth-order valence-electron chi connectivity index (χ4n) is 3.53. The highest BCUT2D eigenvalue weighted by molar-refractivity contribution is 6.11. The standard InChI is InChI=1S/C23H20N4O4/c1-30-19-10-16-17(11-20(19)31-2)22(29)27(12-18(16)21(28)26-23(24)25)15-8-7-13-5-3-4-6-14(13)9-15/h3-12H,1-2H3,(H4,24,25,26,28). The van der Waals surface area contributed by atoms with Gasteiger partial charge in [0.2, 0.25) is 0 Å². The predicted molar refractivity (Wildman–Crippen MR) is 120 cm³/mol. The number of amides is 1. The van der Waals surface area contributed by atoms with Crippen molar-refractivity contribution in [2.24, 2.45) is 16.5 Å². The van der Waals surface area contributed by atoms with Crippen LogP contribution >= 0.6 is 0 Å². The fourth-order valence-corrected chi connectivity index (χ4v) is 3.53. The molecule has 4 aromatic rings. The van der Waals surface area contributed by atoms with E-state index in [4.69, 9.17) is 20.9 Å². The number of hydrogen-bond acceptors (Lipinski definition) is 4. The Bertz CT molecular complexity index is 1420. The zero-order valence-corrected chi connectivity index (χ0v) is 17.0. The molecule has 8 nitrogen and oxygen atoms in total. The second-order valence-electron chi connectivity index (χ2n) is 6.84. The van der Waals surface area contributed by atoms with Gasteiger partial charge in [0.15, 0.2) is 17.5 Å². The first-order valence-corrected chi connectivity index (χ1v) is 9.37. The summed E-state index contributed by atoms with van der Waals surface area (Å²) >= 11 is 0. The molecular formula is C23H20N4O4. The van der Waals surface area contributed by atoms with Crippen molar-refractivity contribution < 1.29 is 14.3 Å². The van der Waals surface area contributed by atoms with Gasteiger partial charge in [-0.05, 0) is 35.0 Å². The molecule has 1 aromatic heterocycles. The fraction of sp³-hybridized carbons (Fsp3) is 0.0870. The van der Waals surface area contributed by atoms with Crippen molar-refractivity contribution in [3.8, 4) is 17.2 Å². The first kappa shape index (κ1) is 20.0. The Morgan fingerprint density at radius 1 is 0.903 bits per heavy atom. The highest BCUT2D eigenvalue weighted by atomic mass is 16.5. The quantitative estimate of drug-likeness (QED) is 0.389. The monoisotopic (exact) mass is 416 g/mol. The number of benzene rings is 3. The number of aliphatic imine (C=N–C) groups is 1. The molecule has 0 spiro atoms. The molecule has 0 saturated heterocycles. The molecule has 156 valence electrons. The zero-order chi connectivity index (χ0) is 22.1. The molecule has 4 rings (SSSR count). The molecule has 0 bridgehead atoms. The van der Waals surface area contributed by atoms with E-state index in [0.717, 1.165) is 10.8 Å². The summed E-state index contributed by atoms with van der Waals surface area (Å²) in [5.41, 5.74) is 11.2. The van der Waals surface area contributed by atoms with E-state index in [1.807, 2.05) is 42.5 Å². The van der Waals surface area contributed by atoms with Crippen molar-refractivity contribution in [2.75, 3.05) is 14.2 Å². The largest absolute Gasteiger partial charge is 0.493 e. The van der Waals surface area contributed by atoms with Crippen molar-refractivity contribution in [2.45, 2.75) is 0 Å². The van der Waals surface area contributed by atoms with Gasteiger partial charge in [-0.2, -0.15) is 4.99 Å². The van der Waals surface area contributed by atoms with Crippen LogP contribution in [0.3, 0.4) is 0 Å². The number of pyridine rings is 1. The molecule has 0 aliphatic carbocycles. The first-order valence-electron chi connectivity index (χ1n) is 9.37. The number of rotatable bonds is 4. The summed E-state index contributed by atoms with van der Waals surface area (Å²) in [6.45, 7) is 0. The Kier molecular flexibility index (Phi) is 5.04. The number of aromatic nitrogens is 1. The SMILES string of the molecule is COc1cc2c(C(=O)N=C(N)N)cn(-c3ccc4ccccc4c3)c(=O)c2cc1OC. The Balaban J connectivity index is 2.07. The number of fused-ring (bicyclic) bond motifs is 2. The highest BCUT2D eigenvalue weighted by Crippen LogP contribution is 2.33. The van der Waals surface area contributed by atoms with Crippen molar-refractivity contribution >= 4 is 33.4 Å². The molecule has 0 saturated carbocycles. The normalized spacial score (nSPS) is 10.8. The maximum atomic E-state index is 13.4. The van der Waals surface area contributed by atoms with Crippen LogP contribution in [-0.2, 0) is 0 Å². The topological polar surface area (TPSA) is 122 Å². The molecule has 0 aliphatic rings. The molecule has 0 fully saturated rings. The summed E-state index contributed by atoms with van der Waals surface area (Å²) < 4.78 is 12.1. The number of nitrogens with two attached hydrogens (primary N) is 2. The van der Waals surface area contributed by atoms with E-state index in [0.29, 0.717) is 22.6 Å². The number of hydrogen-bond donors (Lipinski definition) is 2. The van der Waals surface area contributed by atoms with E-state index in [9.17, 15) is 9.59 Å². The second kappa shape index (κ2) is 7.83. The lowest BCUT2D eigenvalue weighted by Crippen LogP contribution is -2.25. The van der Waals surface area contributed by atoms with Crippen LogP contribution in [0.1, 0.15) is 10.4 Å². The van der Waals surface area contributed by atoms with E-state index in [-0.39, 0.29) is 22.5 Å². The summed E-state index contributed by atoms with van der Waals surface area (Å²) in [6, 6.07) is 16.5. The maximum Gasteiger partial charge on any atom is 0.282 e. The van der Waals surface area contributed by atoms with Crippen molar-refractivity contribution in [3.05, 3.63) is 76.7 Å². The van der Waals surface area contributed by atoms with Gasteiger partial charge in [0, 0.05) is 17.3 Å². The first-order chi connectivity index (χ1) is 14.9. The van der Waals surface area contributed by atoms with Crippen LogP contribution in [0, 0.1) is 0 Å². The molecule has 8 heteroatoms. The highest BCUT2D eigenvalue weighted by Gasteiger charge is 2.19. The zero-order valence-electron chi connectivity index (χ0n) is 17.0. The number of nitrogens with zero attached hydrogens (tertiary/aromatic N) is 2. The van der Waals surface area contributed by atoms with Crippen LogP contribution in [0.5, 0.6) is 11.5 Å². The maximum absolute atomic E-state index is 13.4. The lowest BCUT2D eigenvalue weighted by atomic mass is 10.0. The lowest BCUT2D eigenvalue weighted by Gasteiger charge is -2.14. The Morgan fingerprint density at radius 3 is 2.19 bits per heavy atom. The number of carbonyl (C=O) groups excluding carboxylic acids is 1. The summed E-state index contributed by atoms with van der Waals surface area (Å²) in [5, 5.41) is 2.61. The Labute approximate surface area is 177 Å². The van der Waals surface area contributed by atoms with Crippen molar-refractivity contribution in [3.63, 3.8) is 0 Å². The lowest BCUT2D eigenvalue weighted by molar-refractivity contribution is 0.100. The van der Waals surface area contributed by atoms with Gasteiger partial charge in [-0.3, -0.25) is 14.2 Å². The number of ether oxygens (including phenoxy) is 2. The number of methoxy groups -OCH3 is 2. The smallest absolute Gasteiger partial charge is 0.282 e. The van der Waals surface area contributed by atoms with Gasteiger partial charge in [-0.1, -0.05) is 30.3 Å². The molecule has 1 heterocycles. The van der Waals surface area contributed by atoms with Crippen LogP contribution in [-0.4, -0.2) is 30.7 Å². The summed E-state index contributed by atoms with van der Waals surface area (Å²) in [5.74, 6) is -0.311. The number of carbonyl (C=O) groups is 1. The van der Waals surface area contributed by atoms with Gasteiger partial charge < -0.3 is 20.9 Å². The average molecular weight is 416 g/mol. The molecule has 3 aromatic carbocycles. The molecule has 0 radical (unpaired) electrons. The molecule has 0 atom stereocenters. The summed E-state index contributed by atoms with van der Waals surface area (Å²) in [6.07, 6.45) is 1.44. The second-order valence-corrected chi connectivity index (χ2v) is 6.84. The third kappa shape index (κ3) is 3.55. The van der Waals surface area contributed by atoms with Gasteiger partial charge in [0.05, 0.1) is 25.2 Å². The predicted octanol–water partition coefficient (Wildman–Crippen LogP) is 2.57. The third-order valence-electron chi connectivity index (χ3n) is 4.99. The molecular weight excluding hydrogens is 396 g/mol. The van der Waals surface area contributed by atoms with Gasteiger partial charge in [0.1, 0.15) is 0 Å². The van der Waals surface area contributed by atoms with Gasteiger partial charge in [-0.25, -0.2) is 0 Å².